The summed E-state index contributed by atoms with van der Waals surface area (Å²) in [5.41, 5.74) is 1.68. The minimum absolute atomic E-state index is 0.301. The summed E-state index contributed by atoms with van der Waals surface area (Å²) < 4.78 is 15.4. The van der Waals surface area contributed by atoms with E-state index in [1.54, 1.807) is 0 Å². The number of nitrogens with one attached hydrogen (secondary N) is 1. The summed E-state index contributed by atoms with van der Waals surface area (Å²) >= 11 is -1.30. The molecule has 3 rings (SSSR count). The second kappa shape index (κ2) is 6.00. The van der Waals surface area contributed by atoms with Crippen molar-refractivity contribution in [3.63, 3.8) is 0 Å². The third-order valence-electron chi connectivity index (χ3n) is 5.01. The Kier molecular flexibility index (Phi) is 4.26. The molecule has 0 amide bonds. The van der Waals surface area contributed by atoms with E-state index in [9.17, 15) is 9.81 Å². The highest BCUT2D eigenvalue weighted by atomic mass is 32.2. The van der Waals surface area contributed by atoms with Gasteiger partial charge in [0.25, 0.3) is 0 Å². The predicted octanol–water partition coefficient (Wildman–Crippen LogP) is 3.47. The quantitative estimate of drug-likeness (QED) is 0.866. The molecule has 2 fully saturated rings. The van der Waals surface area contributed by atoms with Gasteiger partial charge in [-0.15, -0.1) is 4.72 Å². The van der Waals surface area contributed by atoms with Crippen molar-refractivity contribution in [2.24, 2.45) is 11.3 Å². The lowest BCUT2D eigenvalue weighted by atomic mass is 9.76. The first-order valence-electron chi connectivity index (χ1n) is 7.76. The molecule has 4 heteroatoms. The number of nitrogens with zero attached hydrogens (tertiary/aromatic N) is 1. The molecular weight excluding hydrogens is 280 g/mol. The van der Waals surface area contributed by atoms with E-state index < -0.39 is 11.4 Å². The third-order valence-corrected chi connectivity index (χ3v) is 6.18. The van der Waals surface area contributed by atoms with E-state index in [1.165, 1.54) is 25.7 Å². The van der Waals surface area contributed by atoms with Crippen molar-refractivity contribution >= 4 is 11.4 Å². The van der Waals surface area contributed by atoms with E-state index in [4.69, 9.17) is 0 Å². The minimum atomic E-state index is -1.30. The zero-order valence-electron chi connectivity index (χ0n) is 12.5. The van der Waals surface area contributed by atoms with Crippen LogP contribution in [0.1, 0.15) is 44.1 Å². The van der Waals surface area contributed by atoms with Crippen LogP contribution >= 0.6 is 0 Å². The van der Waals surface area contributed by atoms with Crippen LogP contribution < -0.4 is 4.72 Å². The van der Waals surface area contributed by atoms with Gasteiger partial charge in [-0.05, 0) is 62.5 Å². The summed E-state index contributed by atoms with van der Waals surface area (Å²) in [5, 5.41) is 9.46. The van der Waals surface area contributed by atoms with Gasteiger partial charge in [-0.3, -0.25) is 0 Å². The molecule has 0 aromatic heterocycles. The van der Waals surface area contributed by atoms with Crippen LogP contribution in [0.3, 0.4) is 0 Å². The van der Waals surface area contributed by atoms with Crippen LogP contribution in [0.25, 0.3) is 0 Å². The van der Waals surface area contributed by atoms with Gasteiger partial charge in [0, 0.05) is 0 Å². The van der Waals surface area contributed by atoms with Crippen LogP contribution in [-0.4, -0.2) is 10.6 Å². The van der Waals surface area contributed by atoms with E-state index in [1.807, 2.05) is 31.2 Å². The van der Waals surface area contributed by atoms with E-state index in [2.05, 4.69) is 10.8 Å². The van der Waals surface area contributed by atoms with E-state index in [0.29, 0.717) is 11.3 Å². The molecule has 0 heterocycles. The summed E-state index contributed by atoms with van der Waals surface area (Å²) in [6, 6.07) is 9.70. The Morgan fingerprint density at radius 2 is 2.05 bits per heavy atom. The Labute approximate surface area is 130 Å². The fraction of sp³-hybridized carbons (Fsp3) is 0.588. The first kappa shape index (κ1) is 14.9. The molecule has 21 heavy (non-hydrogen) atoms. The highest BCUT2D eigenvalue weighted by Gasteiger charge is 2.47. The third kappa shape index (κ3) is 3.42. The first-order valence-corrected chi connectivity index (χ1v) is 8.91. The topological polar surface area (TPSA) is 58.9 Å². The highest BCUT2D eigenvalue weighted by molar-refractivity contribution is 7.89. The maximum absolute atomic E-state index is 12.4. The smallest absolute Gasteiger partial charge is 0.173 e. The SMILES string of the molecule is Cc1ccc([S+]([O-])N[C@H](C#N)[C@@H]2CCCC3(CC3)C2)cc1. The molecule has 0 aliphatic heterocycles. The molecule has 2 saturated carbocycles. The van der Waals surface area contributed by atoms with Crippen LogP contribution in [0, 0.1) is 29.6 Å². The molecule has 0 bridgehead atoms. The van der Waals surface area contributed by atoms with Crippen LogP contribution in [0.15, 0.2) is 29.2 Å². The second-order valence-corrected chi connectivity index (χ2v) is 7.91. The summed E-state index contributed by atoms with van der Waals surface area (Å²) in [7, 11) is 0. The van der Waals surface area contributed by atoms with Crippen molar-refractivity contribution in [2.45, 2.75) is 56.4 Å². The van der Waals surface area contributed by atoms with Gasteiger partial charge in [-0.2, -0.15) is 5.26 Å². The molecule has 0 saturated heterocycles. The van der Waals surface area contributed by atoms with E-state index in [-0.39, 0.29) is 6.04 Å². The Bertz CT molecular complexity index is 533. The molecule has 1 aromatic rings. The monoisotopic (exact) mass is 302 g/mol. The number of hydrogen-bond acceptors (Lipinski definition) is 3. The van der Waals surface area contributed by atoms with Gasteiger partial charge < -0.3 is 4.55 Å². The molecule has 112 valence electrons. The Morgan fingerprint density at radius 1 is 1.33 bits per heavy atom. The summed E-state index contributed by atoms with van der Waals surface area (Å²) in [6.45, 7) is 2.01. The number of benzene rings is 1. The number of rotatable bonds is 4. The molecule has 1 N–H and O–H groups in total. The van der Waals surface area contributed by atoms with Gasteiger partial charge in [-0.1, -0.05) is 24.1 Å². The van der Waals surface area contributed by atoms with E-state index in [0.717, 1.165) is 23.3 Å². The zero-order valence-corrected chi connectivity index (χ0v) is 13.3. The normalized spacial score (nSPS) is 26.0. The Balaban J connectivity index is 1.64. The summed E-state index contributed by atoms with van der Waals surface area (Å²) in [6.07, 6.45) is 7.39. The molecule has 1 spiro atoms. The maximum atomic E-state index is 12.4. The van der Waals surface area contributed by atoms with Crippen molar-refractivity contribution in [3.05, 3.63) is 29.8 Å². The fourth-order valence-corrected chi connectivity index (χ4v) is 4.48. The van der Waals surface area contributed by atoms with Gasteiger partial charge >= 0.3 is 0 Å². The van der Waals surface area contributed by atoms with E-state index >= 15 is 0 Å². The van der Waals surface area contributed by atoms with Crippen LogP contribution in [0.5, 0.6) is 0 Å². The average Bonchev–Trinajstić information content (AvgIpc) is 3.24. The maximum Gasteiger partial charge on any atom is 0.173 e. The largest absolute Gasteiger partial charge is 0.593 e. The second-order valence-electron chi connectivity index (χ2n) is 6.66. The standard InChI is InChI=1S/C17H22N2OS/c1-13-4-6-15(7-5-13)21(20)19-16(12-18)14-3-2-8-17(11-14)9-10-17/h4-7,14,16,19H,2-3,8-11H2,1H3/t14-,16-,21?/m1/s1. The van der Waals surface area contributed by atoms with Crippen molar-refractivity contribution in [2.75, 3.05) is 0 Å². The highest BCUT2D eigenvalue weighted by Crippen LogP contribution is 2.58. The minimum Gasteiger partial charge on any atom is -0.593 e. The van der Waals surface area contributed by atoms with Gasteiger partial charge in [0.1, 0.15) is 6.04 Å². The number of nitriles is 1. The number of hydrogen-bond donors (Lipinski definition) is 1. The molecule has 3 atom stereocenters. The molecule has 2 aliphatic rings. The average molecular weight is 302 g/mol. The molecule has 1 unspecified atom stereocenters. The van der Waals surface area contributed by atoms with Gasteiger partial charge in [0.05, 0.1) is 17.4 Å². The number of aryl methyl sites for hydroxylation is 1. The van der Waals surface area contributed by atoms with Crippen LogP contribution in [-0.2, 0) is 11.4 Å². The molecular formula is C17H22N2OS. The fourth-order valence-electron chi connectivity index (χ4n) is 3.49. The Morgan fingerprint density at radius 3 is 2.67 bits per heavy atom. The predicted molar refractivity (Wildman–Crippen MR) is 83.7 cm³/mol. The Hall–Kier alpha value is -1.02. The van der Waals surface area contributed by atoms with Crippen molar-refractivity contribution < 1.29 is 4.55 Å². The lowest BCUT2D eigenvalue weighted by Gasteiger charge is -2.31. The summed E-state index contributed by atoms with van der Waals surface area (Å²) in [5.74, 6) is 0.348. The molecule has 1 aromatic carbocycles. The van der Waals surface area contributed by atoms with Gasteiger partial charge in [0.2, 0.25) is 0 Å². The lowest BCUT2D eigenvalue weighted by Crippen LogP contribution is -2.41. The summed E-state index contributed by atoms with van der Waals surface area (Å²) in [4.78, 5) is 0.748. The lowest BCUT2D eigenvalue weighted by molar-refractivity contribution is 0.229. The van der Waals surface area contributed by atoms with Crippen molar-refractivity contribution in [1.82, 2.24) is 4.72 Å². The molecule has 2 aliphatic carbocycles. The van der Waals surface area contributed by atoms with Crippen molar-refractivity contribution in [1.29, 1.82) is 5.26 Å². The first-order chi connectivity index (χ1) is 10.1. The molecule has 3 nitrogen and oxygen atoms in total. The van der Waals surface area contributed by atoms with Gasteiger partial charge in [0.15, 0.2) is 4.90 Å². The zero-order chi connectivity index (χ0) is 14.9. The van der Waals surface area contributed by atoms with Crippen molar-refractivity contribution in [3.8, 4) is 6.07 Å². The van der Waals surface area contributed by atoms with Crippen LogP contribution in [0.2, 0.25) is 0 Å². The van der Waals surface area contributed by atoms with Gasteiger partial charge in [-0.25, -0.2) is 0 Å². The molecule has 0 radical (unpaired) electrons. The van der Waals surface area contributed by atoms with Crippen LogP contribution in [0.4, 0.5) is 0 Å².